The van der Waals surface area contributed by atoms with Crippen LogP contribution in [0.1, 0.15) is 6.92 Å². The Morgan fingerprint density at radius 2 is 0.417 bits per heavy atom. The zero-order valence-corrected chi connectivity index (χ0v) is 12.8. The molecule has 0 aromatic carbocycles. The van der Waals surface area contributed by atoms with Crippen molar-refractivity contribution in [3.05, 3.63) is 0 Å². The van der Waals surface area contributed by atoms with Gasteiger partial charge in [0.2, 0.25) is 0 Å². The predicted octanol–water partition coefficient (Wildman–Crippen LogP) is -6.39. The Labute approximate surface area is 137 Å². The van der Waals surface area contributed by atoms with Gasteiger partial charge < -0.3 is 56.2 Å². The first-order valence-electron chi connectivity index (χ1n) is 7.42. The summed E-state index contributed by atoms with van der Waals surface area (Å²) in [6.45, 7) is 1.49. The van der Waals surface area contributed by atoms with Gasteiger partial charge in [-0.2, -0.15) is 0 Å². The lowest BCUT2D eigenvalue weighted by atomic mass is 9.80. The second-order valence-corrected chi connectivity index (χ2v) is 6.26. The highest BCUT2D eigenvalue weighted by Gasteiger charge is 2.47. The van der Waals surface area contributed by atoms with Crippen LogP contribution in [-0.2, 0) is 0 Å². The molecule has 11 heteroatoms. The van der Waals surface area contributed by atoms with E-state index in [0.717, 1.165) is 0 Å². The van der Waals surface area contributed by atoms with Crippen LogP contribution in [0.5, 0.6) is 0 Å². The van der Waals surface area contributed by atoms with Crippen LogP contribution in [0.2, 0.25) is 0 Å². The minimum absolute atomic E-state index is 0.640. The van der Waals surface area contributed by atoms with Crippen molar-refractivity contribution in [2.45, 2.75) is 74.1 Å². The van der Waals surface area contributed by atoms with Gasteiger partial charge in [-0.3, -0.25) is 0 Å². The fourth-order valence-electron chi connectivity index (χ4n) is 2.64. The first kappa shape index (κ1) is 21.6. The van der Waals surface area contributed by atoms with Crippen LogP contribution in [0.15, 0.2) is 0 Å². The summed E-state index contributed by atoms with van der Waals surface area (Å²) in [6, 6.07) is 0. The number of aliphatic hydroxyl groups is 11. The van der Waals surface area contributed by atoms with E-state index in [4.69, 9.17) is 46.0 Å². The van der Waals surface area contributed by atoms with E-state index < -0.39 is 73.1 Å². The first-order chi connectivity index (χ1) is 10.9. The van der Waals surface area contributed by atoms with E-state index in [1.165, 1.54) is 6.92 Å². The maximum Gasteiger partial charge on any atom is 0.111 e. The summed E-state index contributed by atoms with van der Waals surface area (Å²) in [5, 5.41) is 99.6. The zero-order chi connectivity index (χ0) is 18.9. The molecule has 144 valence electrons. The summed E-state index contributed by atoms with van der Waals surface area (Å²) >= 11 is 0. The van der Waals surface area contributed by atoms with Crippen LogP contribution in [0.4, 0.5) is 0 Å². The lowest BCUT2D eigenvalue weighted by molar-refractivity contribution is -0.223. The van der Waals surface area contributed by atoms with Crippen LogP contribution < -0.4 is 0 Å². The van der Waals surface area contributed by atoms with Crippen LogP contribution >= 0.6 is 0 Å². The van der Waals surface area contributed by atoms with Crippen molar-refractivity contribution >= 4 is 0 Å². The van der Waals surface area contributed by atoms with Gasteiger partial charge in [0.15, 0.2) is 0 Å². The molecule has 0 saturated heterocycles. The molecule has 2 aliphatic rings. The average molecular weight is 358 g/mol. The monoisotopic (exact) mass is 358 g/mol. The molecule has 2 aliphatic carbocycles. The lowest BCUT2D eigenvalue weighted by Gasteiger charge is -2.40. The summed E-state index contributed by atoms with van der Waals surface area (Å²) < 4.78 is 0. The van der Waals surface area contributed by atoms with E-state index >= 15 is 0 Å². The van der Waals surface area contributed by atoms with E-state index in [-0.39, 0.29) is 0 Å². The molecule has 0 heterocycles. The molecule has 11 N–H and O–H groups in total. The number of hydrogen-bond acceptors (Lipinski definition) is 11. The number of hydrogen-bond donors (Lipinski definition) is 11. The molecule has 2 rings (SSSR count). The molecule has 2 fully saturated rings. The van der Waals surface area contributed by atoms with Crippen LogP contribution in [0.3, 0.4) is 0 Å². The molecule has 0 spiro atoms. The quantitative estimate of drug-likeness (QED) is 0.195. The first-order valence-corrected chi connectivity index (χ1v) is 7.42. The SMILES string of the molecule is CC1[C@@H](O)[C@H](O)C(O)[C@H](O)[C@H]1O.OC1C(O)C(O)C(O)C(O)C1O. The highest BCUT2D eigenvalue weighted by atomic mass is 16.4. The van der Waals surface area contributed by atoms with Gasteiger partial charge in [-0.15, -0.1) is 0 Å². The van der Waals surface area contributed by atoms with Crippen LogP contribution in [0.25, 0.3) is 0 Å². The fourth-order valence-corrected chi connectivity index (χ4v) is 2.64. The number of rotatable bonds is 0. The normalized spacial score (nSPS) is 55.5. The van der Waals surface area contributed by atoms with Crippen molar-refractivity contribution in [3.8, 4) is 0 Å². The zero-order valence-electron chi connectivity index (χ0n) is 12.8. The molecule has 2 saturated carbocycles. The van der Waals surface area contributed by atoms with E-state index in [0.29, 0.717) is 0 Å². The van der Waals surface area contributed by atoms with Gasteiger partial charge in [0, 0.05) is 5.92 Å². The van der Waals surface area contributed by atoms with E-state index in [9.17, 15) is 10.2 Å². The van der Waals surface area contributed by atoms with Crippen molar-refractivity contribution in [1.29, 1.82) is 0 Å². The average Bonchev–Trinajstić information content (AvgIpc) is 2.58. The third-order valence-electron chi connectivity index (χ3n) is 4.58. The molecular weight excluding hydrogens is 332 g/mol. The molecule has 0 amide bonds. The van der Waals surface area contributed by atoms with Crippen LogP contribution in [0, 0.1) is 5.92 Å². The van der Waals surface area contributed by atoms with Gasteiger partial charge in [0.1, 0.15) is 54.9 Å². The van der Waals surface area contributed by atoms with Crippen molar-refractivity contribution in [2.24, 2.45) is 5.92 Å². The summed E-state index contributed by atoms with van der Waals surface area (Å²) in [5.41, 5.74) is 0. The highest BCUT2D eigenvalue weighted by Crippen LogP contribution is 2.25. The topological polar surface area (TPSA) is 223 Å². The number of aliphatic hydroxyl groups excluding tert-OH is 11. The second kappa shape index (κ2) is 8.29. The minimum atomic E-state index is -1.64. The van der Waals surface area contributed by atoms with Gasteiger partial charge >= 0.3 is 0 Å². The Morgan fingerprint density at radius 1 is 0.292 bits per heavy atom. The smallest absolute Gasteiger partial charge is 0.111 e. The maximum atomic E-state index is 9.22. The van der Waals surface area contributed by atoms with Gasteiger partial charge in [-0.25, -0.2) is 0 Å². The van der Waals surface area contributed by atoms with Crippen molar-refractivity contribution in [1.82, 2.24) is 0 Å². The molecule has 11 nitrogen and oxygen atoms in total. The van der Waals surface area contributed by atoms with E-state index in [2.05, 4.69) is 0 Å². The van der Waals surface area contributed by atoms with E-state index in [1.54, 1.807) is 0 Å². The van der Waals surface area contributed by atoms with Gasteiger partial charge in [0.25, 0.3) is 0 Å². The Bertz CT molecular complexity index is 243. The van der Waals surface area contributed by atoms with Crippen molar-refractivity contribution in [2.75, 3.05) is 0 Å². The molecule has 0 aliphatic heterocycles. The third kappa shape index (κ3) is 4.03. The minimum Gasteiger partial charge on any atom is -0.390 e. The summed E-state index contributed by atoms with van der Waals surface area (Å²) in [6.07, 6.45) is -16.5. The molecule has 0 bridgehead atoms. The molecular formula is C13H26O11. The fraction of sp³-hybridized carbons (Fsp3) is 1.00. The maximum absolute atomic E-state index is 9.22. The summed E-state index contributed by atoms with van der Waals surface area (Å²) in [7, 11) is 0. The Morgan fingerprint density at radius 3 is 0.583 bits per heavy atom. The molecule has 6 atom stereocenters. The van der Waals surface area contributed by atoms with Crippen molar-refractivity contribution in [3.63, 3.8) is 0 Å². The largest absolute Gasteiger partial charge is 0.390 e. The second-order valence-electron chi connectivity index (χ2n) is 6.26. The Balaban J connectivity index is 0.000000240. The van der Waals surface area contributed by atoms with Crippen molar-refractivity contribution < 1.29 is 56.2 Å². The van der Waals surface area contributed by atoms with Gasteiger partial charge in [-0.05, 0) is 0 Å². The molecule has 24 heavy (non-hydrogen) atoms. The molecule has 0 aromatic heterocycles. The lowest BCUT2D eigenvalue weighted by Crippen LogP contribution is -2.63. The molecule has 2 unspecified atom stereocenters. The third-order valence-corrected chi connectivity index (χ3v) is 4.58. The Hall–Kier alpha value is -0.440. The Kier molecular flexibility index (Phi) is 7.46. The predicted molar refractivity (Wildman–Crippen MR) is 75.2 cm³/mol. The summed E-state index contributed by atoms with van der Waals surface area (Å²) in [4.78, 5) is 0. The van der Waals surface area contributed by atoms with Crippen LogP contribution in [-0.4, -0.2) is 123 Å². The highest BCUT2D eigenvalue weighted by molar-refractivity contribution is 4.98. The van der Waals surface area contributed by atoms with Gasteiger partial charge in [0.05, 0.1) is 12.2 Å². The van der Waals surface area contributed by atoms with E-state index in [1.807, 2.05) is 0 Å². The molecule has 0 aromatic rings. The van der Waals surface area contributed by atoms with Gasteiger partial charge in [-0.1, -0.05) is 6.92 Å². The summed E-state index contributed by atoms with van der Waals surface area (Å²) in [5.74, 6) is -0.640. The standard InChI is InChI=1S/C7H14O5.C6H12O6/c1-2-3(8)5(10)7(12)6(11)4(2)9;7-1-2(8)4(10)6(12)5(11)3(1)9/h2-12H,1H3;1-12H/t2?,3-,4+,5+,6-,7?;. The molecule has 0 radical (unpaired) electrons.